The Balaban J connectivity index is 0.000000829. The Bertz CT molecular complexity index is 236. The minimum Gasteiger partial charge on any atom is -0.378 e. The molecule has 0 radical (unpaired) electrons. The molecule has 2 fully saturated rings. The van der Waals surface area contributed by atoms with Gasteiger partial charge in [-0.1, -0.05) is 48.5 Å². The zero-order valence-corrected chi connectivity index (χ0v) is 15.5. The van der Waals surface area contributed by atoms with E-state index < -0.39 is 0 Å². The van der Waals surface area contributed by atoms with Crippen LogP contribution < -0.4 is 0 Å². The predicted octanol–water partition coefficient (Wildman–Crippen LogP) is 6.32. The van der Waals surface area contributed by atoms with Gasteiger partial charge < -0.3 is 4.74 Å². The zero-order valence-electron chi connectivity index (χ0n) is 15.5. The summed E-state index contributed by atoms with van der Waals surface area (Å²) >= 11 is 0. The minimum absolute atomic E-state index is 0.451. The lowest BCUT2D eigenvalue weighted by molar-refractivity contribution is 0.0166. The van der Waals surface area contributed by atoms with Crippen LogP contribution in [0.5, 0.6) is 0 Å². The second-order valence-corrected chi connectivity index (χ2v) is 6.97. The molecule has 0 saturated heterocycles. The molecule has 4 atom stereocenters. The summed E-state index contributed by atoms with van der Waals surface area (Å²) in [5, 5.41) is 0. The van der Waals surface area contributed by atoms with Crippen LogP contribution in [0.25, 0.3) is 0 Å². The van der Waals surface area contributed by atoms with Gasteiger partial charge in [0.25, 0.3) is 0 Å². The lowest BCUT2D eigenvalue weighted by Gasteiger charge is -2.27. The third-order valence-electron chi connectivity index (χ3n) is 4.70. The zero-order chi connectivity index (χ0) is 15.8. The monoisotopic (exact) mass is 284 g/mol. The first kappa shape index (κ1) is 20.0. The van der Waals surface area contributed by atoms with Crippen LogP contribution in [-0.2, 0) is 4.74 Å². The highest BCUT2D eigenvalue weighted by Crippen LogP contribution is 2.62. The van der Waals surface area contributed by atoms with Crippen molar-refractivity contribution in [3.63, 3.8) is 0 Å². The summed E-state index contributed by atoms with van der Waals surface area (Å²) in [4.78, 5) is 0. The van der Waals surface area contributed by atoms with E-state index >= 15 is 0 Å². The first-order valence-electron chi connectivity index (χ1n) is 9.11. The second kappa shape index (κ2) is 9.82. The summed E-state index contributed by atoms with van der Waals surface area (Å²) in [6.45, 7) is 18.3. The van der Waals surface area contributed by atoms with Crippen molar-refractivity contribution in [3.8, 4) is 0 Å². The molecule has 122 valence electrons. The van der Waals surface area contributed by atoms with Gasteiger partial charge in [0, 0.05) is 6.61 Å². The van der Waals surface area contributed by atoms with Gasteiger partial charge in [0.15, 0.2) is 0 Å². The smallest absolute Gasteiger partial charge is 0.0549 e. The van der Waals surface area contributed by atoms with Gasteiger partial charge in [-0.25, -0.2) is 0 Å². The number of fused-ring (bicyclic) bond motifs is 1. The lowest BCUT2D eigenvalue weighted by atomic mass is 9.83. The van der Waals surface area contributed by atoms with Gasteiger partial charge in [0.1, 0.15) is 0 Å². The highest BCUT2D eigenvalue weighted by atomic mass is 16.5. The van der Waals surface area contributed by atoms with Crippen molar-refractivity contribution in [2.75, 3.05) is 6.61 Å². The fourth-order valence-electron chi connectivity index (χ4n) is 3.42. The molecule has 0 aromatic carbocycles. The maximum Gasteiger partial charge on any atom is 0.0549 e. The average molecular weight is 285 g/mol. The number of ether oxygens (including phenoxy) is 1. The molecule has 2 aliphatic carbocycles. The maximum absolute atomic E-state index is 5.99. The summed E-state index contributed by atoms with van der Waals surface area (Å²) in [7, 11) is 0. The van der Waals surface area contributed by atoms with Gasteiger partial charge in [-0.3, -0.25) is 0 Å². The van der Waals surface area contributed by atoms with Crippen LogP contribution in [0.4, 0.5) is 0 Å². The molecule has 0 N–H and O–H groups in total. The van der Waals surface area contributed by atoms with Gasteiger partial charge >= 0.3 is 0 Å². The lowest BCUT2D eigenvalue weighted by Crippen LogP contribution is -2.22. The van der Waals surface area contributed by atoms with Gasteiger partial charge in [-0.2, -0.15) is 0 Å². The number of hydrogen-bond acceptors (Lipinski definition) is 1. The van der Waals surface area contributed by atoms with Gasteiger partial charge in [-0.15, -0.1) is 0 Å². The molecule has 2 aliphatic rings. The standard InChI is InChI=1S/C15H28O.2C2H6/c1-11(2)7-12(3)16-10-13-5-6-15(4)9-14(15)8-13;2*1-2/h11-14H,5-10H2,1-4H3;2*1-2H3. The quantitative estimate of drug-likeness (QED) is 0.574. The molecule has 4 unspecified atom stereocenters. The molecular formula is C19H40O. The van der Waals surface area contributed by atoms with Crippen LogP contribution in [0.3, 0.4) is 0 Å². The van der Waals surface area contributed by atoms with Crippen molar-refractivity contribution in [1.29, 1.82) is 0 Å². The first-order chi connectivity index (χ1) is 9.49. The largest absolute Gasteiger partial charge is 0.378 e. The highest BCUT2D eigenvalue weighted by molar-refractivity contribution is 5.02. The van der Waals surface area contributed by atoms with Crippen molar-refractivity contribution in [3.05, 3.63) is 0 Å². The van der Waals surface area contributed by atoms with Crippen molar-refractivity contribution in [1.82, 2.24) is 0 Å². The molecular weight excluding hydrogens is 244 g/mol. The molecule has 2 saturated carbocycles. The Kier molecular flexibility index (Phi) is 9.80. The van der Waals surface area contributed by atoms with E-state index in [0.717, 1.165) is 29.8 Å². The van der Waals surface area contributed by atoms with Crippen LogP contribution in [0.1, 0.15) is 87.5 Å². The van der Waals surface area contributed by atoms with Crippen LogP contribution in [0, 0.1) is 23.2 Å². The summed E-state index contributed by atoms with van der Waals surface area (Å²) in [6, 6.07) is 0. The SMILES string of the molecule is CC.CC.CC(C)CC(C)OCC1CCC2(C)CC2C1. The van der Waals surface area contributed by atoms with Crippen LogP contribution >= 0.6 is 0 Å². The van der Waals surface area contributed by atoms with Gasteiger partial charge in [0.05, 0.1) is 6.10 Å². The van der Waals surface area contributed by atoms with E-state index in [1.165, 1.54) is 32.1 Å². The number of hydrogen-bond donors (Lipinski definition) is 0. The van der Waals surface area contributed by atoms with E-state index in [1.54, 1.807) is 0 Å². The molecule has 0 aromatic heterocycles. The summed E-state index contributed by atoms with van der Waals surface area (Å²) in [5.74, 6) is 2.65. The summed E-state index contributed by atoms with van der Waals surface area (Å²) < 4.78 is 5.99. The first-order valence-corrected chi connectivity index (χ1v) is 9.11. The molecule has 0 spiro atoms. The second-order valence-electron chi connectivity index (χ2n) is 6.97. The molecule has 0 heterocycles. The van der Waals surface area contributed by atoms with E-state index in [2.05, 4.69) is 27.7 Å². The Morgan fingerprint density at radius 1 is 1.10 bits per heavy atom. The Hall–Kier alpha value is -0.0400. The molecule has 1 heteroatoms. The molecule has 2 rings (SSSR count). The van der Waals surface area contributed by atoms with Crippen LogP contribution in [-0.4, -0.2) is 12.7 Å². The fraction of sp³-hybridized carbons (Fsp3) is 1.00. The molecule has 0 bridgehead atoms. The Morgan fingerprint density at radius 3 is 2.20 bits per heavy atom. The highest BCUT2D eigenvalue weighted by Gasteiger charge is 2.52. The van der Waals surface area contributed by atoms with Gasteiger partial charge in [0.2, 0.25) is 0 Å². The van der Waals surface area contributed by atoms with E-state index in [4.69, 9.17) is 4.74 Å². The average Bonchev–Trinajstić information content (AvgIpc) is 3.11. The minimum atomic E-state index is 0.451. The summed E-state index contributed by atoms with van der Waals surface area (Å²) in [6.07, 6.45) is 7.43. The molecule has 1 nitrogen and oxygen atoms in total. The third kappa shape index (κ3) is 6.61. The van der Waals surface area contributed by atoms with Gasteiger partial charge in [-0.05, 0) is 62.2 Å². The topological polar surface area (TPSA) is 9.23 Å². The van der Waals surface area contributed by atoms with Crippen molar-refractivity contribution in [2.24, 2.45) is 23.2 Å². The van der Waals surface area contributed by atoms with Crippen molar-refractivity contribution in [2.45, 2.75) is 93.6 Å². The fourth-order valence-corrected chi connectivity index (χ4v) is 3.42. The Morgan fingerprint density at radius 2 is 1.70 bits per heavy atom. The van der Waals surface area contributed by atoms with E-state index in [9.17, 15) is 0 Å². The predicted molar refractivity (Wildman–Crippen MR) is 91.1 cm³/mol. The van der Waals surface area contributed by atoms with Crippen LogP contribution in [0.2, 0.25) is 0 Å². The maximum atomic E-state index is 5.99. The van der Waals surface area contributed by atoms with E-state index in [1.807, 2.05) is 27.7 Å². The van der Waals surface area contributed by atoms with E-state index in [-0.39, 0.29) is 0 Å². The molecule has 0 aliphatic heterocycles. The molecule has 0 aromatic rings. The normalized spacial score (nSPS) is 32.2. The molecule has 20 heavy (non-hydrogen) atoms. The van der Waals surface area contributed by atoms with Crippen molar-refractivity contribution < 1.29 is 4.74 Å². The summed E-state index contributed by atoms with van der Waals surface area (Å²) in [5.41, 5.74) is 0.750. The number of rotatable bonds is 5. The van der Waals surface area contributed by atoms with Crippen molar-refractivity contribution >= 4 is 0 Å². The van der Waals surface area contributed by atoms with E-state index in [0.29, 0.717) is 6.10 Å². The Labute approximate surface area is 128 Å². The van der Waals surface area contributed by atoms with Crippen LogP contribution in [0.15, 0.2) is 0 Å². The molecule has 0 amide bonds. The third-order valence-corrected chi connectivity index (χ3v) is 4.70.